The lowest BCUT2D eigenvalue weighted by molar-refractivity contribution is -0.171. The summed E-state index contributed by atoms with van der Waals surface area (Å²) in [5, 5.41) is 0. The number of pyridine rings is 2. The third-order valence-electron chi connectivity index (χ3n) is 8.31. The summed E-state index contributed by atoms with van der Waals surface area (Å²) in [6, 6.07) is 8.80. The molecule has 0 bridgehead atoms. The van der Waals surface area contributed by atoms with Gasteiger partial charge in [0.2, 0.25) is 0 Å². The molecule has 1 fully saturated rings. The highest BCUT2D eigenvalue weighted by Gasteiger charge is 2.37. The van der Waals surface area contributed by atoms with Gasteiger partial charge in [0.05, 0.1) is 41.5 Å². The molecule has 0 N–H and O–H groups in total. The molecule has 1 saturated heterocycles. The minimum Gasteiger partial charge on any atom is -0.492 e. The molecule has 8 nitrogen and oxygen atoms in total. The average molecular weight is 635 g/mol. The number of ether oxygens (including phenoxy) is 3. The second-order valence-corrected chi connectivity index (χ2v) is 14.3. The Morgan fingerprint density at radius 3 is 2.35 bits per heavy atom. The molecule has 1 aliphatic heterocycles. The van der Waals surface area contributed by atoms with E-state index < -0.39 is 17.7 Å². The van der Waals surface area contributed by atoms with Gasteiger partial charge < -0.3 is 24.0 Å². The van der Waals surface area contributed by atoms with Crippen LogP contribution in [0.25, 0.3) is 11.3 Å². The van der Waals surface area contributed by atoms with E-state index in [1.807, 2.05) is 73.1 Å². The Bertz CT molecular complexity index is 1490. The molecular formula is C37H51FN4O4. The summed E-state index contributed by atoms with van der Waals surface area (Å²) in [6.45, 7) is 20.5. The number of hydrogen-bond acceptors (Lipinski definition) is 8. The number of likely N-dealkylation sites (N-methyl/N-ethyl adjacent to an activating group) is 1. The standard InChI is InChI=1S/C37H51FN4O4/c1-24(2)45-35(43)34(46-36(5,6)7)32-26(4)39-23-29(33(32)42-17-15-37(8,9)16-18-42)31-14-11-27(22-40-31)41(10)19-20-44-28-12-13-30(38)25(3)21-28/h11-14,21-24,34H,15-20H2,1-10H3/t34-/m0/s1. The minimum absolute atomic E-state index is 0.237. The zero-order valence-corrected chi connectivity index (χ0v) is 29.2. The summed E-state index contributed by atoms with van der Waals surface area (Å²) in [7, 11) is 1.98. The smallest absolute Gasteiger partial charge is 0.340 e. The number of esters is 1. The lowest BCUT2D eigenvalue weighted by Crippen LogP contribution is -2.39. The molecule has 250 valence electrons. The predicted molar refractivity (Wildman–Crippen MR) is 182 cm³/mol. The third kappa shape index (κ3) is 8.96. The van der Waals surface area contributed by atoms with Crippen molar-refractivity contribution in [2.24, 2.45) is 5.41 Å². The Morgan fingerprint density at radius 2 is 1.76 bits per heavy atom. The van der Waals surface area contributed by atoms with Crippen LogP contribution in [0.15, 0.2) is 42.7 Å². The van der Waals surface area contributed by atoms with Gasteiger partial charge in [-0.15, -0.1) is 0 Å². The van der Waals surface area contributed by atoms with Crippen LogP contribution in [0.2, 0.25) is 0 Å². The topological polar surface area (TPSA) is 77.0 Å². The van der Waals surface area contributed by atoms with Crippen LogP contribution in [0.4, 0.5) is 15.8 Å². The molecule has 46 heavy (non-hydrogen) atoms. The average Bonchev–Trinajstić information content (AvgIpc) is 2.97. The van der Waals surface area contributed by atoms with Gasteiger partial charge in [0.25, 0.3) is 0 Å². The van der Waals surface area contributed by atoms with Crippen LogP contribution >= 0.6 is 0 Å². The molecule has 2 aromatic heterocycles. The van der Waals surface area contributed by atoms with Crippen molar-refractivity contribution in [3.8, 4) is 17.0 Å². The highest BCUT2D eigenvalue weighted by molar-refractivity contribution is 5.86. The number of rotatable bonds is 11. The van der Waals surface area contributed by atoms with Gasteiger partial charge in [-0.05, 0) is 103 Å². The van der Waals surface area contributed by atoms with Crippen molar-refractivity contribution in [3.05, 3.63) is 65.4 Å². The number of aromatic nitrogens is 2. The number of carbonyl (C=O) groups excluding carboxylic acids is 1. The van der Waals surface area contributed by atoms with Crippen molar-refractivity contribution in [1.29, 1.82) is 0 Å². The largest absolute Gasteiger partial charge is 0.492 e. The van der Waals surface area contributed by atoms with Crippen molar-refractivity contribution < 1.29 is 23.4 Å². The van der Waals surface area contributed by atoms with Gasteiger partial charge in [0.15, 0.2) is 6.10 Å². The van der Waals surface area contributed by atoms with Crippen LogP contribution in [0, 0.1) is 25.1 Å². The first-order valence-electron chi connectivity index (χ1n) is 16.2. The van der Waals surface area contributed by atoms with E-state index in [1.54, 1.807) is 19.1 Å². The summed E-state index contributed by atoms with van der Waals surface area (Å²) in [5.41, 5.74) is 5.11. The fourth-order valence-electron chi connectivity index (χ4n) is 5.57. The van der Waals surface area contributed by atoms with Crippen LogP contribution in [-0.2, 0) is 14.3 Å². The maximum Gasteiger partial charge on any atom is 0.340 e. The molecule has 1 atom stereocenters. The van der Waals surface area contributed by atoms with Crippen molar-refractivity contribution >= 4 is 17.3 Å². The van der Waals surface area contributed by atoms with Crippen LogP contribution < -0.4 is 14.5 Å². The fraction of sp³-hybridized carbons (Fsp3) is 0.541. The first kappa shape index (κ1) is 35.1. The molecule has 0 spiro atoms. The van der Waals surface area contributed by atoms with E-state index in [9.17, 15) is 9.18 Å². The third-order valence-corrected chi connectivity index (χ3v) is 8.31. The van der Waals surface area contributed by atoms with Gasteiger partial charge in [0.1, 0.15) is 18.2 Å². The minimum atomic E-state index is -0.949. The van der Waals surface area contributed by atoms with Crippen molar-refractivity contribution in [2.75, 3.05) is 43.1 Å². The molecule has 0 radical (unpaired) electrons. The summed E-state index contributed by atoms with van der Waals surface area (Å²) < 4.78 is 31.7. The second kappa shape index (κ2) is 14.4. The van der Waals surface area contributed by atoms with Crippen LogP contribution in [-0.4, -0.2) is 60.9 Å². The first-order chi connectivity index (χ1) is 21.5. The summed E-state index contributed by atoms with van der Waals surface area (Å²) in [5.74, 6) is -0.0248. The first-order valence-corrected chi connectivity index (χ1v) is 16.2. The summed E-state index contributed by atoms with van der Waals surface area (Å²) in [4.78, 5) is 27.8. The fourth-order valence-corrected chi connectivity index (χ4v) is 5.57. The SMILES string of the molecule is Cc1cc(OCCN(C)c2ccc(-c3cnc(C)c([C@H](OC(C)(C)C)C(=O)OC(C)C)c3N3CCC(C)(C)CC3)nc2)ccc1F. The van der Waals surface area contributed by atoms with E-state index >= 15 is 0 Å². The van der Waals surface area contributed by atoms with E-state index in [0.29, 0.717) is 24.5 Å². The summed E-state index contributed by atoms with van der Waals surface area (Å²) in [6.07, 6.45) is 4.51. The number of piperidine rings is 1. The number of aryl methyl sites for hydroxylation is 2. The molecule has 0 aliphatic carbocycles. The molecule has 3 heterocycles. The van der Waals surface area contributed by atoms with E-state index in [1.165, 1.54) is 6.07 Å². The van der Waals surface area contributed by atoms with Gasteiger partial charge in [0, 0.05) is 43.2 Å². The number of carbonyl (C=O) groups is 1. The van der Waals surface area contributed by atoms with Gasteiger partial charge in [-0.1, -0.05) is 13.8 Å². The molecular weight excluding hydrogens is 583 g/mol. The summed E-state index contributed by atoms with van der Waals surface area (Å²) >= 11 is 0. The Labute approximate surface area is 274 Å². The molecule has 0 amide bonds. The van der Waals surface area contributed by atoms with Crippen LogP contribution in [0.1, 0.15) is 84.2 Å². The highest BCUT2D eigenvalue weighted by atomic mass is 19.1. The number of benzene rings is 1. The molecule has 1 aromatic carbocycles. The molecule has 4 rings (SSSR count). The highest BCUT2D eigenvalue weighted by Crippen LogP contribution is 2.43. The van der Waals surface area contributed by atoms with Gasteiger partial charge in [-0.2, -0.15) is 0 Å². The van der Waals surface area contributed by atoms with Crippen molar-refractivity contribution in [3.63, 3.8) is 0 Å². The zero-order valence-electron chi connectivity index (χ0n) is 29.2. The van der Waals surface area contributed by atoms with E-state index in [2.05, 4.69) is 23.6 Å². The maximum absolute atomic E-state index is 13.7. The van der Waals surface area contributed by atoms with Gasteiger partial charge >= 0.3 is 5.97 Å². The zero-order chi connectivity index (χ0) is 33.8. The number of halogens is 1. The monoisotopic (exact) mass is 634 g/mol. The second-order valence-electron chi connectivity index (χ2n) is 14.3. The molecule has 1 aliphatic rings. The number of nitrogens with zero attached hydrogens (tertiary/aromatic N) is 4. The van der Waals surface area contributed by atoms with E-state index in [4.69, 9.17) is 24.2 Å². The van der Waals surface area contributed by atoms with Crippen molar-refractivity contribution in [1.82, 2.24) is 9.97 Å². The Morgan fingerprint density at radius 1 is 1.07 bits per heavy atom. The lowest BCUT2D eigenvalue weighted by Gasteiger charge is -2.41. The van der Waals surface area contributed by atoms with E-state index in [0.717, 1.165) is 59.8 Å². The van der Waals surface area contributed by atoms with Crippen molar-refractivity contribution in [2.45, 2.75) is 93.0 Å². The molecule has 9 heteroatoms. The molecule has 0 saturated carbocycles. The van der Waals surface area contributed by atoms with Crippen LogP contribution in [0.5, 0.6) is 5.75 Å². The lowest BCUT2D eigenvalue weighted by atomic mass is 9.82. The molecule has 3 aromatic rings. The quantitative estimate of drug-likeness (QED) is 0.198. The van der Waals surface area contributed by atoms with Gasteiger partial charge in [-0.25, -0.2) is 9.18 Å². The Hall–Kier alpha value is -3.72. The number of hydrogen-bond donors (Lipinski definition) is 0. The van der Waals surface area contributed by atoms with E-state index in [-0.39, 0.29) is 17.3 Å². The van der Waals surface area contributed by atoms with Crippen LogP contribution in [0.3, 0.4) is 0 Å². The normalized spacial score (nSPS) is 15.5. The number of anilines is 2. The molecule has 0 unspecified atom stereocenters. The maximum atomic E-state index is 13.7. The Balaban J connectivity index is 1.68. The Kier molecular flexibility index (Phi) is 11.0. The van der Waals surface area contributed by atoms with Gasteiger partial charge in [-0.3, -0.25) is 9.97 Å². The predicted octanol–water partition coefficient (Wildman–Crippen LogP) is 7.85.